The first-order valence-electron chi connectivity index (χ1n) is 4.79. The molecule has 0 amide bonds. The summed E-state index contributed by atoms with van der Waals surface area (Å²) in [4.78, 5) is 5.28. The van der Waals surface area contributed by atoms with E-state index in [4.69, 9.17) is 9.57 Å². The number of hydroxylamine groups is 2. The van der Waals surface area contributed by atoms with Crippen LogP contribution >= 0.6 is 0 Å². The Morgan fingerprint density at radius 2 is 1.86 bits per heavy atom. The van der Waals surface area contributed by atoms with Crippen LogP contribution in [0.1, 0.15) is 6.42 Å². The molecule has 0 saturated heterocycles. The maximum absolute atomic E-state index is 5.69. The van der Waals surface area contributed by atoms with Gasteiger partial charge < -0.3 is 9.57 Å². The van der Waals surface area contributed by atoms with Crippen LogP contribution in [-0.2, 0) is 9.57 Å². The van der Waals surface area contributed by atoms with Crippen molar-refractivity contribution in [3.05, 3.63) is 12.7 Å². The fourth-order valence-electron chi connectivity index (χ4n) is 1.77. The monoisotopic (exact) mass is 217 g/mol. The van der Waals surface area contributed by atoms with Gasteiger partial charge in [0.15, 0.2) is 0 Å². The molecule has 0 spiro atoms. The molecule has 1 atom stereocenters. The van der Waals surface area contributed by atoms with Gasteiger partial charge >= 0.3 is 0 Å². The zero-order valence-corrected chi connectivity index (χ0v) is 11.3. The minimum Gasteiger partial charge on any atom is -0.365 e. The Kier molecular flexibility index (Phi) is 5.01. The molecule has 0 aromatic carbocycles. The van der Waals surface area contributed by atoms with Crippen LogP contribution < -0.4 is 0 Å². The third-order valence-corrected chi connectivity index (χ3v) is 5.78. The van der Waals surface area contributed by atoms with Gasteiger partial charge in [-0.3, -0.25) is 0 Å². The predicted octanol–water partition coefficient (Wildman–Crippen LogP) is 2.28. The topological polar surface area (TPSA) is 21.7 Å². The van der Waals surface area contributed by atoms with Crippen molar-refractivity contribution >= 4 is 8.07 Å². The van der Waals surface area contributed by atoms with E-state index in [1.807, 2.05) is 13.1 Å². The Bertz CT molecular complexity index is 191. The number of nitrogens with zero attached hydrogens (tertiary/aromatic N) is 1. The normalized spacial score (nSPS) is 16.8. The fourth-order valence-corrected chi connectivity index (χ4v) is 4.17. The average Bonchev–Trinajstić information content (AvgIpc) is 2.11. The zero-order chi connectivity index (χ0) is 11.4. The molecule has 4 heteroatoms. The Labute approximate surface area is 88.7 Å². The second-order valence-corrected chi connectivity index (χ2v) is 9.69. The van der Waals surface area contributed by atoms with E-state index in [1.165, 1.54) is 0 Å². The van der Waals surface area contributed by atoms with E-state index >= 15 is 0 Å². The molecule has 0 fully saturated rings. The highest BCUT2D eigenvalue weighted by Crippen LogP contribution is 2.31. The van der Waals surface area contributed by atoms with Crippen molar-refractivity contribution in [2.75, 3.05) is 21.3 Å². The van der Waals surface area contributed by atoms with E-state index in [0.29, 0.717) is 0 Å². The lowest BCUT2D eigenvalue weighted by molar-refractivity contribution is -0.240. The lowest BCUT2D eigenvalue weighted by Gasteiger charge is -2.46. The molecule has 0 aliphatic rings. The highest BCUT2D eigenvalue weighted by molar-refractivity contribution is 6.78. The summed E-state index contributed by atoms with van der Waals surface area (Å²) in [5.41, 5.74) is 0. The summed E-state index contributed by atoms with van der Waals surface area (Å²) in [6, 6.07) is 0. The van der Waals surface area contributed by atoms with Crippen LogP contribution in [0.5, 0.6) is 0 Å². The Balaban J connectivity index is 5.07. The van der Waals surface area contributed by atoms with Crippen LogP contribution in [0.3, 0.4) is 0 Å². The highest BCUT2D eigenvalue weighted by Gasteiger charge is 2.46. The van der Waals surface area contributed by atoms with Crippen molar-refractivity contribution in [1.82, 2.24) is 5.06 Å². The van der Waals surface area contributed by atoms with Gasteiger partial charge in [-0.05, 0) is 0 Å². The third kappa shape index (κ3) is 2.45. The van der Waals surface area contributed by atoms with Crippen LogP contribution in [-0.4, -0.2) is 39.8 Å². The Morgan fingerprint density at radius 3 is 2.07 bits per heavy atom. The summed E-state index contributed by atoms with van der Waals surface area (Å²) in [6.07, 6.45) is 2.67. The van der Waals surface area contributed by atoms with Crippen molar-refractivity contribution in [3.8, 4) is 0 Å². The summed E-state index contributed by atoms with van der Waals surface area (Å²) < 4.78 is 5.69. The molecule has 0 radical (unpaired) electrons. The second-order valence-electron chi connectivity index (χ2n) is 4.41. The number of hydrogen-bond acceptors (Lipinski definition) is 3. The van der Waals surface area contributed by atoms with Crippen LogP contribution in [0.2, 0.25) is 19.6 Å². The molecule has 0 saturated carbocycles. The van der Waals surface area contributed by atoms with E-state index in [-0.39, 0.29) is 5.35 Å². The zero-order valence-electron chi connectivity index (χ0n) is 10.3. The van der Waals surface area contributed by atoms with Crippen molar-refractivity contribution in [2.24, 2.45) is 0 Å². The van der Waals surface area contributed by atoms with Crippen LogP contribution in [0.4, 0.5) is 0 Å². The first kappa shape index (κ1) is 13.8. The van der Waals surface area contributed by atoms with Gasteiger partial charge in [-0.1, -0.05) is 25.7 Å². The van der Waals surface area contributed by atoms with Crippen molar-refractivity contribution in [3.63, 3.8) is 0 Å². The van der Waals surface area contributed by atoms with Crippen LogP contribution in [0.15, 0.2) is 12.7 Å². The van der Waals surface area contributed by atoms with E-state index in [2.05, 4.69) is 26.2 Å². The van der Waals surface area contributed by atoms with Gasteiger partial charge in [0.05, 0.1) is 7.11 Å². The molecule has 14 heavy (non-hydrogen) atoms. The van der Waals surface area contributed by atoms with E-state index < -0.39 is 8.07 Å². The maximum atomic E-state index is 5.69. The molecule has 0 aliphatic heterocycles. The molecule has 0 aromatic heterocycles. The molecule has 1 unspecified atom stereocenters. The fraction of sp³-hybridized carbons (Fsp3) is 0.800. The second kappa shape index (κ2) is 5.07. The lowest BCUT2D eigenvalue weighted by atomic mass is 10.3. The van der Waals surface area contributed by atoms with Gasteiger partial charge in [-0.25, -0.2) is 0 Å². The first-order valence-corrected chi connectivity index (χ1v) is 8.29. The molecule has 0 bridgehead atoms. The number of methoxy groups -OCH3 is 1. The Hall–Kier alpha value is -0.163. The first-order chi connectivity index (χ1) is 6.35. The van der Waals surface area contributed by atoms with Crippen molar-refractivity contribution < 1.29 is 9.57 Å². The molecule has 0 heterocycles. The minimum atomic E-state index is -1.53. The summed E-state index contributed by atoms with van der Waals surface area (Å²) in [6.45, 7) is 10.6. The smallest absolute Gasteiger partial charge is 0.131 e. The molecule has 0 aliphatic carbocycles. The Morgan fingerprint density at radius 1 is 1.36 bits per heavy atom. The average molecular weight is 217 g/mol. The molecule has 84 valence electrons. The molecular weight excluding hydrogens is 194 g/mol. The summed E-state index contributed by atoms with van der Waals surface area (Å²) in [5.74, 6) is 0. The lowest BCUT2D eigenvalue weighted by Crippen LogP contribution is -2.63. The molecule has 3 nitrogen and oxygen atoms in total. The summed E-state index contributed by atoms with van der Waals surface area (Å²) >= 11 is 0. The quantitative estimate of drug-likeness (QED) is 0.295. The van der Waals surface area contributed by atoms with Crippen molar-refractivity contribution in [2.45, 2.75) is 31.4 Å². The van der Waals surface area contributed by atoms with E-state index in [1.54, 1.807) is 19.3 Å². The van der Waals surface area contributed by atoms with Crippen LogP contribution in [0, 0.1) is 0 Å². The number of ether oxygens (including phenoxy) is 1. The molecule has 0 rings (SSSR count). The number of hydrogen-bond donors (Lipinski definition) is 0. The van der Waals surface area contributed by atoms with Gasteiger partial charge in [0.2, 0.25) is 0 Å². The largest absolute Gasteiger partial charge is 0.365 e. The standard InChI is InChI=1S/C10H23NO2Si/c1-8-9-10(12-3,11(2)13-4)14(5,6)7/h8H,1,9H2,2-7H3. The van der Waals surface area contributed by atoms with E-state index in [9.17, 15) is 0 Å². The van der Waals surface area contributed by atoms with Crippen molar-refractivity contribution in [1.29, 1.82) is 0 Å². The summed E-state index contributed by atoms with van der Waals surface area (Å²) in [7, 11) is 3.77. The minimum absolute atomic E-state index is 0.330. The highest BCUT2D eigenvalue weighted by atomic mass is 28.3. The molecule has 0 N–H and O–H groups in total. The summed E-state index contributed by atoms with van der Waals surface area (Å²) in [5, 5.41) is 1.48. The maximum Gasteiger partial charge on any atom is 0.131 e. The SMILES string of the molecule is C=CCC(OC)(N(C)OC)[Si](C)(C)C. The van der Waals surface area contributed by atoms with Crippen LogP contribution in [0.25, 0.3) is 0 Å². The number of rotatable bonds is 6. The van der Waals surface area contributed by atoms with Gasteiger partial charge in [0, 0.05) is 20.6 Å². The van der Waals surface area contributed by atoms with Gasteiger partial charge in [-0.15, -0.1) is 6.58 Å². The third-order valence-electron chi connectivity index (χ3n) is 2.71. The van der Waals surface area contributed by atoms with E-state index in [0.717, 1.165) is 6.42 Å². The van der Waals surface area contributed by atoms with Gasteiger partial charge in [0.1, 0.15) is 13.4 Å². The molecule has 0 aromatic rings. The van der Waals surface area contributed by atoms with Gasteiger partial charge in [0.25, 0.3) is 0 Å². The predicted molar refractivity (Wildman–Crippen MR) is 62.7 cm³/mol. The molecular formula is C10H23NO2Si. The van der Waals surface area contributed by atoms with Gasteiger partial charge in [-0.2, -0.15) is 5.06 Å².